The third-order valence-corrected chi connectivity index (χ3v) is 9.12. The van der Waals surface area contributed by atoms with Crippen LogP contribution in [0.3, 0.4) is 0 Å². The molecule has 1 saturated carbocycles. The molecule has 1 saturated heterocycles. The molecule has 2 fully saturated rings. The van der Waals surface area contributed by atoms with Gasteiger partial charge in [-0.3, -0.25) is 14.4 Å². The summed E-state index contributed by atoms with van der Waals surface area (Å²) in [6.07, 6.45) is 8.41. The Bertz CT molecular complexity index is 1960. The number of anilines is 2. The second-order valence-electron chi connectivity index (χ2n) is 12.4. The lowest BCUT2D eigenvalue weighted by atomic mass is 9.98. The highest BCUT2D eigenvalue weighted by Gasteiger charge is 2.36. The van der Waals surface area contributed by atoms with Crippen molar-refractivity contribution >= 4 is 34.5 Å². The second kappa shape index (κ2) is 12.0. The molecule has 0 spiro atoms. The molecular formula is C36H34F2N4O5. The normalized spacial score (nSPS) is 16.5. The number of carbonyl (C=O) groups is 3. The number of methoxy groups -OCH3 is 1. The number of nitrogens with zero attached hydrogens (tertiary/aromatic N) is 2. The summed E-state index contributed by atoms with van der Waals surface area (Å²) in [6.45, 7) is 3.45. The highest BCUT2D eigenvalue weighted by Crippen LogP contribution is 2.46. The van der Waals surface area contributed by atoms with E-state index in [0.29, 0.717) is 48.7 Å². The molecule has 7 rings (SSSR count). The first-order valence-electron chi connectivity index (χ1n) is 15.7. The summed E-state index contributed by atoms with van der Waals surface area (Å²) in [6, 6.07) is 10.9. The van der Waals surface area contributed by atoms with Crippen LogP contribution in [0.2, 0.25) is 0 Å². The minimum Gasteiger partial charge on any atom is -0.496 e. The van der Waals surface area contributed by atoms with E-state index in [-0.39, 0.29) is 29.3 Å². The van der Waals surface area contributed by atoms with Gasteiger partial charge in [-0.2, -0.15) is 0 Å². The van der Waals surface area contributed by atoms with Crippen LogP contribution in [-0.4, -0.2) is 54.3 Å². The number of benzene rings is 2. The number of fused-ring (bicyclic) bond motifs is 2. The molecule has 9 nitrogen and oxygen atoms in total. The molecule has 4 heterocycles. The topological polar surface area (TPSA) is 101 Å². The van der Waals surface area contributed by atoms with E-state index in [1.54, 1.807) is 40.8 Å². The van der Waals surface area contributed by atoms with Crippen molar-refractivity contribution in [2.24, 2.45) is 0 Å². The Balaban J connectivity index is 1.20. The molecule has 47 heavy (non-hydrogen) atoms. The maximum Gasteiger partial charge on any atom is 0.248 e. The van der Waals surface area contributed by atoms with Crippen molar-refractivity contribution in [3.8, 4) is 22.6 Å². The summed E-state index contributed by atoms with van der Waals surface area (Å²) in [5.74, 6) is -2.27. The molecule has 2 aromatic heterocycles. The third-order valence-electron chi connectivity index (χ3n) is 9.12. The van der Waals surface area contributed by atoms with Crippen LogP contribution in [0.15, 0.2) is 60.8 Å². The van der Waals surface area contributed by atoms with E-state index in [2.05, 4.69) is 17.6 Å². The van der Waals surface area contributed by atoms with Crippen molar-refractivity contribution in [2.75, 3.05) is 37.0 Å². The molecule has 0 atom stereocenters. The van der Waals surface area contributed by atoms with Crippen LogP contribution >= 0.6 is 0 Å². The zero-order valence-electron chi connectivity index (χ0n) is 26.1. The van der Waals surface area contributed by atoms with Crippen molar-refractivity contribution < 1.29 is 32.6 Å². The highest BCUT2D eigenvalue weighted by molar-refractivity contribution is 6.10. The molecule has 0 radical (unpaired) electrons. The Morgan fingerprint density at radius 2 is 1.89 bits per heavy atom. The minimum absolute atomic E-state index is 0.0447. The molecule has 3 aliphatic rings. The Kier molecular flexibility index (Phi) is 7.79. The van der Waals surface area contributed by atoms with E-state index >= 15 is 8.78 Å². The first kappa shape index (κ1) is 30.6. The zero-order valence-corrected chi connectivity index (χ0v) is 26.1. The number of ketones is 1. The van der Waals surface area contributed by atoms with Crippen LogP contribution in [0, 0.1) is 11.6 Å². The lowest BCUT2D eigenvalue weighted by molar-refractivity contribution is -0.117. The van der Waals surface area contributed by atoms with Crippen molar-refractivity contribution in [2.45, 2.75) is 44.6 Å². The summed E-state index contributed by atoms with van der Waals surface area (Å²) in [5.41, 5.74) is 3.17. The predicted molar refractivity (Wildman–Crippen MR) is 173 cm³/mol. The van der Waals surface area contributed by atoms with Crippen molar-refractivity contribution in [1.82, 2.24) is 9.72 Å². The fourth-order valence-electron chi connectivity index (χ4n) is 6.34. The SMILES string of the molecule is COc1cc(N2CCCC2=O)cc2c1-c1cccn3c(C(=O)c4cc(F)c(NC(=O)/C=C/CNC5(C)CC5)c(F)c4)cc(c13)CCO2. The van der Waals surface area contributed by atoms with Gasteiger partial charge in [0.1, 0.15) is 28.8 Å². The van der Waals surface area contributed by atoms with Gasteiger partial charge in [0, 0.05) is 67.0 Å². The predicted octanol–water partition coefficient (Wildman–Crippen LogP) is 5.82. The average Bonchev–Trinajstić information content (AvgIpc) is 3.44. The van der Waals surface area contributed by atoms with Crippen molar-refractivity contribution in [3.63, 3.8) is 0 Å². The molecule has 4 aromatic rings. The minimum atomic E-state index is -1.06. The van der Waals surface area contributed by atoms with Gasteiger partial charge in [0.2, 0.25) is 17.6 Å². The maximum absolute atomic E-state index is 15.2. The van der Waals surface area contributed by atoms with E-state index in [1.165, 1.54) is 6.08 Å². The molecule has 242 valence electrons. The van der Waals surface area contributed by atoms with Crippen LogP contribution in [0.25, 0.3) is 16.6 Å². The number of rotatable bonds is 9. The highest BCUT2D eigenvalue weighted by atomic mass is 19.1. The van der Waals surface area contributed by atoms with E-state index in [0.717, 1.165) is 48.0 Å². The standard InChI is InChI=1S/C36H34F2N4O5/c1-36(10-11-36)39-12-3-7-30(43)40-33-25(37)16-22(17-26(33)38)35(45)27-18-21-9-15-47-29-20-23(41-13-5-8-31(41)44)19-28(46-2)32(29)24-6-4-14-42(27)34(21)24/h3-4,6-7,14,16-20,39H,5,8-13,15H2,1-2H3,(H,40,43)/b7-3+. The number of halogens is 2. The Hall–Kier alpha value is -5.03. The number of aromatic nitrogens is 1. The number of carbonyl (C=O) groups excluding carboxylic acids is 3. The lowest BCUT2D eigenvalue weighted by Gasteiger charge is -2.23. The Labute approximate surface area is 270 Å². The van der Waals surface area contributed by atoms with E-state index < -0.39 is 29.0 Å². The molecule has 11 heteroatoms. The van der Waals surface area contributed by atoms with Gasteiger partial charge in [-0.15, -0.1) is 0 Å². The molecular weight excluding hydrogens is 606 g/mol. The van der Waals surface area contributed by atoms with Crippen LogP contribution < -0.4 is 25.0 Å². The lowest BCUT2D eigenvalue weighted by Crippen LogP contribution is -2.27. The van der Waals surface area contributed by atoms with Gasteiger partial charge in [0.05, 0.1) is 36.2 Å². The summed E-state index contributed by atoms with van der Waals surface area (Å²) >= 11 is 0. The quantitative estimate of drug-likeness (QED) is 0.177. The van der Waals surface area contributed by atoms with Crippen molar-refractivity contribution in [1.29, 1.82) is 0 Å². The summed E-state index contributed by atoms with van der Waals surface area (Å²) < 4.78 is 44.1. The molecule has 2 aliphatic heterocycles. The van der Waals surface area contributed by atoms with Gasteiger partial charge >= 0.3 is 0 Å². The fraction of sp³-hybridized carbons (Fsp3) is 0.306. The third kappa shape index (κ3) is 5.76. The van der Waals surface area contributed by atoms with E-state index in [1.807, 2.05) is 18.2 Å². The first-order valence-corrected chi connectivity index (χ1v) is 15.7. The van der Waals surface area contributed by atoms with Crippen LogP contribution in [0.5, 0.6) is 11.5 Å². The molecule has 2 N–H and O–H groups in total. The average molecular weight is 641 g/mol. The van der Waals surface area contributed by atoms with Gasteiger partial charge in [-0.05, 0) is 56.0 Å². The zero-order chi connectivity index (χ0) is 32.9. The van der Waals surface area contributed by atoms with Crippen LogP contribution in [0.4, 0.5) is 20.2 Å². The van der Waals surface area contributed by atoms with Gasteiger partial charge < -0.3 is 29.4 Å². The fourth-order valence-corrected chi connectivity index (χ4v) is 6.34. The number of ether oxygens (including phenoxy) is 2. The van der Waals surface area contributed by atoms with Crippen LogP contribution in [-0.2, 0) is 16.0 Å². The monoisotopic (exact) mass is 640 g/mol. The van der Waals surface area contributed by atoms with Gasteiger partial charge in [0.15, 0.2) is 0 Å². The van der Waals surface area contributed by atoms with Gasteiger partial charge in [-0.1, -0.05) is 12.1 Å². The molecule has 1 aliphatic carbocycles. The second-order valence-corrected chi connectivity index (χ2v) is 12.4. The van der Waals surface area contributed by atoms with Gasteiger partial charge in [0.25, 0.3) is 0 Å². The number of pyridine rings is 1. The number of nitrogens with one attached hydrogen (secondary N) is 2. The number of amides is 2. The van der Waals surface area contributed by atoms with E-state index in [9.17, 15) is 14.4 Å². The largest absolute Gasteiger partial charge is 0.496 e. The number of hydrogen-bond donors (Lipinski definition) is 2. The Morgan fingerprint density at radius 3 is 2.60 bits per heavy atom. The molecule has 2 amide bonds. The summed E-state index contributed by atoms with van der Waals surface area (Å²) in [4.78, 5) is 40.4. The smallest absolute Gasteiger partial charge is 0.248 e. The number of hydrogen-bond acceptors (Lipinski definition) is 6. The van der Waals surface area contributed by atoms with Crippen LogP contribution in [0.1, 0.15) is 54.2 Å². The molecule has 0 unspecified atom stereocenters. The first-order chi connectivity index (χ1) is 22.7. The Morgan fingerprint density at radius 1 is 1.11 bits per heavy atom. The molecule has 0 bridgehead atoms. The summed E-state index contributed by atoms with van der Waals surface area (Å²) in [5, 5.41) is 5.53. The maximum atomic E-state index is 15.2. The van der Waals surface area contributed by atoms with E-state index in [4.69, 9.17) is 9.47 Å². The van der Waals surface area contributed by atoms with Gasteiger partial charge in [-0.25, -0.2) is 8.78 Å². The van der Waals surface area contributed by atoms with Crippen molar-refractivity contribution in [3.05, 3.63) is 89.3 Å². The summed E-state index contributed by atoms with van der Waals surface area (Å²) in [7, 11) is 1.55. The molecule has 2 aromatic carbocycles.